The maximum absolute atomic E-state index is 12.8. The van der Waals surface area contributed by atoms with Crippen LogP contribution in [-0.4, -0.2) is 37.2 Å². The lowest BCUT2D eigenvalue weighted by Gasteiger charge is -2.18. The monoisotopic (exact) mass is 965 g/mol. The van der Waals surface area contributed by atoms with Gasteiger partial charge in [-0.1, -0.05) is 237 Å². The third-order valence-electron chi connectivity index (χ3n) is 11.1. The second kappa shape index (κ2) is 56.9. The zero-order valence-electron chi connectivity index (χ0n) is 44.7. The second-order valence-electron chi connectivity index (χ2n) is 17.7. The van der Waals surface area contributed by atoms with Gasteiger partial charge in [-0.3, -0.25) is 14.4 Å². The van der Waals surface area contributed by atoms with Crippen LogP contribution in [0, 0.1) is 0 Å². The highest BCUT2D eigenvalue weighted by molar-refractivity contribution is 5.72. The van der Waals surface area contributed by atoms with E-state index in [1.165, 1.54) is 83.5 Å². The van der Waals surface area contributed by atoms with Gasteiger partial charge < -0.3 is 14.2 Å². The molecular formula is C64H100O6. The van der Waals surface area contributed by atoms with E-state index in [0.717, 1.165) is 89.9 Å². The molecule has 1 unspecified atom stereocenters. The van der Waals surface area contributed by atoms with Crippen LogP contribution in [0.15, 0.2) is 146 Å². The van der Waals surface area contributed by atoms with Crippen molar-refractivity contribution < 1.29 is 28.6 Å². The third kappa shape index (κ3) is 54.2. The third-order valence-corrected chi connectivity index (χ3v) is 11.1. The first-order valence-corrected chi connectivity index (χ1v) is 27.8. The summed E-state index contributed by atoms with van der Waals surface area (Å²) in [5, 5.41) is 0. The highest BCUT2D eigenvalue weighted by Gasteiger charge is 2.19. The molecule has 0 aromatic heterocycles. The van der Waals surface area contributed by atoms with Crippen LogP contribution in [-0.2, 0) is 28.6 Å². The van der Waals surface area contributed by atoms with Crippen molar-refractivity contribution in [3.63, 3.8) is 0 Å². The summed E-state index contributed by atoms with van der Waals surface area (Å²) in [6.45, 7) is 6.24. The Morgan fingerprint density at radius 3 is 1.06 bits per heavy atom. The molecule has 0 saturated heterocycles. The molecule has 0 bridgehead atoms. The molecule has 6 nitrogen and oxygen atoms in total. The first-order chi connectivity index (χ1) is 34.5. The van der Waals surface area contributed by atoms with Crippen molar-refractivity contribution in [2.75, 3.05) is 13.2 Å². The van der Waals surface area contributed by atoms with Crippen LogP contribution < -0.4 is 0 Å². The number of esters is 3. The van der Waals surface area contributed by atoms with E-state index < -0.39 is 12.1 Å². The highest BCUT2D eigenvalue weighted by Crippen LogP contribution is 2.13. The molecular weight excluding hydrogens is 865 g/mol. The van der Waals surface area contributed by atoms with Crippen LogP contribution in [0.1, 0.15) is 220 Å². The zero-order chi connectivity index (χ0) is 50.7. The van der Waals surface area contributed by atoms with Gasteiger partial charge in [-0.15, -0.1) is 0 Å². The molecule has 6 heteroatoms. The number of carbonyl (C=O) groups excluding carboxylic acids is 3. The summed E-state index contributed by atoms with van der Waals surface area (Å²) in [6.07, 6.45) is 81.6. The SMILES string of the molecule is CC/C=C\C/C=C\C/C=C\C/C=C\C/C=C\C/C=C\CCC(=O)OCC(COC(=O)C/C=C\C/C=C\C/C=C\C/C=C\C/C=C\CC)OC(=O)CCCCCCCCC/C=C\CCCCCCCCC. The van der Waals surface area contributed by atoms with Crippen molar-refractivity contribution in [3.8, 4) is 0 Å². The van der Waals surface area contributed by atoms with Crippen LogP contribution in [0.5, 0.6) is 0 Å². The fourth-order valence-corrected chi connectivity index (χ4v) is 7.01. The van der Waals surface area contributed by atoms with Crippen molar-refractivity contribution in [2.24, 2.45) is 0 Å². The van der Waals surface area contributed by atoms with Gasteiger partial charge in [0.05, 0.1) is 6.42 Å². The Hall–Kier alpha value is -4.71. The lowest BCUT2D eigenvalue weighted by molar-refractivity contribution is -0.166. The van der Waals surface area contributed by atoms with E-state index >= 15 is 0 Å². The molecule has 0 aromatic rings. The zero-order valence-corrected chi connectivity index (χ0v) is 44.7. The Bertz CT molecular complexity index is 1580. The lowest BCUT2D eigenvalue weighted by atomic mass is 10.1. The van der Waals surface area contributed by atoms with Crippen LogP contribution in [0.25, 0.3) is 0 Å². The van der Waals surface area contributed by atoms with Gasteiger partial charge in [0.25, 0.3) is 0 Å². The smallest absolute Gasteiger partial charge is 0.309 e. The Labute approximate surface area is 429 Å². The van der Waals surface area contributed by atoms with Crippen LogP contribution in [0.4, 0.5) is 0 Å². The van der Waals surface area contributed by atoms with E-state index in [4.69, 9.17) is 14.2 Å². The Morgan fingerprint density at radius 2 is 0.643 bits per heavy atom. The van der Waals surface area contributed by atoms with E-state index in [1.807, 2.05) is 18.2 Å². The fraction of sp³-hybridized carbons (Fsp3) is 0.578. The summed E-state index contributed by atoms with van der Waals surface area (Å²) in [5.41, 5.74) is 0. The summed E-state index contributed by atoms with van der Waals surface area (Å²) in [7, 11) is 0. The fourth-order valence-electron chi connectivity index (χ4n) is 7.01. The van der Waals surface area contributed by atoms with Crippen LogP contribution in [0.2, 0.25) is 0 Å². The highest BCUT2D eigenvalue weighted by atomic mass is 16.6. The molecule has 0 N–H and O–H groups in total. The summed E-state index contributed by atoms with van der Waals surface area (Å²) in [6, 6.07) is 0. The molecule has 0 fully saturated rings. The molecule has 0 saturated carbocycles. The average Bonchev–Trinajstić information content (AvgIpc) is 3.36. The lowest BCUT2D eigenvalue weighted by Crippen LogP contribution is -2.30. The quantitative estimate of drug-likeness (QED) is 0.0262. The average molecular weight is 965 g/mol. The van der Waals surface area contributed by atoms with Crippen LogP contribution >= 0.6 is 0 Å². The minimum absolute atomic E-state index is 0.107. The Kier molecular flexibility index (Phi) is 53.0. The number of hydrogen-bond acceptors (Lipinski definition) is 6. The molecule has 0 aliphatic rings. The summed E-state index contributed by atoms with van der Waals surface area (Å²) in [5.74, 6) is -1.17. The molecule has 1 atom stereocenters. The van der Waals surface area contributed by atoms with E-state index in [-0.39, 0.29) is 44.4 Å². The van der Waals surface area contributed by atoms with Gasteiger partial charge in [-0.25, -0.2) is 0 Å². The van der Waals surface area contributed by atoms with Crippen molar-refractivity contribution in [3.05, 3.63) is 146 Å². The van der Waals surface area contributed by atoms with Crippen molar-refractivity contribution in [1.82, 2.24) is 0 Å². The summed E-state index contributed by atoms with van der Waals surface area (Å²) >= 11 is 0. The number of ether oxygens (including phenoxy) is 3. The summed E-state index contributed by atoms with van der Waals surface area (Å²) in [4.78, 5) is 38.0. The molecule has 0 radical (unpaired) electrons. The minimum atomic E-state index is -0.857. The molecule has 70 heavy (non-hydrogen) atoms. The summed E-state index contributed by atoms with van der Waals surface area (Å²) < 4.78 is 16.7. The van der Waals surface area contributed by atoms with Crippen molar-refractivity contribution in [1.29, 1.82) is 0 Å². The standard InChI is InChI=1S/C64H100O6/c1-4-7-10-13-16-19-22-25-28-30-32-34-36-39-42-45-48-51-54-57-63(66)69-60-61(59-68-62(65)56-53-50-47-44-41-38-35-27-24-21-18-15-12-9-6-3)70-64(67)58-55-52-49-46-43-40-37-33-31-29-26-23-20-17-14-11-8-5-2/h7,9-10,12,16,18-19,21,25,27-29,31-32,34-35,39,41-42,44,48,50-51,53,61H,4-6,8,11,13-15,17,20,22-24,26,30,33,36-38,40,43,45-47,49,52,54-60H2,1-3H3/b10-7-,12-9-,19-16-,21-18-,28-25-,31-29-,34-32-,35-27-,42-39-,44-41-,51-48-,53-50-. The number of unbranched alkanes of at least 4 members (excludes halogenated alkanes) is 14. The molecule has 0 aromatic carbocycles. The van der Waals surface area contributed by atoms with Gasteiger partial charge in [0.1, 0.15) is 13.2 Å². The maximum Gasteiger partial charge on any atom is 0.309 e. The van der Waals surface area contributed by atoms with Gasteiger partial charge in [-0.2, -0.15) is 0 Å². The first-order valence-electron chi connectivity index (χ1n) is 27.8. The molecule has 0 heterocycles. The van der Waals surface area contributed by atoms with E-state index in [0.29, 0.717) is 6.42 Å². The molecule has 392 valence electrons. The molecule has 0 spiro atoms. The van der Waals surface area contributed by atoms with Crippen LogP contribution in [0.3, 0.4) is 0 Å². The topological polar surface area (TPSA) is 78.9 Å². The maximum atomic E-state index is 12.8. The van der Waals surface area contributed by atoms with Gasteiger partial charge in [0, 0.05) is 12.8 Å². The van der Waals surface area contributed by atoms with Gasteiger partial charge in [0.2, 0.25) is 0 Å². The van der Waals surface area contributed by atoms with Crippen molar-refractivity contribution in [2.45, 2.75) is 226 Å². The van der Waals surface area contributed by atoms with Gasteiger partial charge in [-0.05, 0) is 109 Å². The van der Waals surface area contributed by atoms with Gasteiger partial charge >= 0.3 is 17.9 Å². The van der Waals surface area contributed by atoms with Crippen molar-refractivity contribution >= 4 is 17.9 Å². The number of carbonyl (C=O) groups is 3. The normalized spacial score (nSPS) is 13.2. The minimum Gasteiger partial charge on any atom is -0.462 e. The second-order valence-corrected chi connectivity index (χ2v) is 17.7. The van der Waals surface area contributed by atoms with E-state index in [2.05, 4.69) is 142 Å². The van der Waals surface area contributed by atoms with E-state index in [9.17, 15) is 14.4 Å². The molecule has 0 aliphatic carbocycles. The molecule has 0 rings (SSSR count). The predicted octanol–water partition coefficient (Wildman–Crippen LogP) is 18.8. The largest absolute Gasteiger partial charge is 0.462 e. The number of rotatable bonds is 48. The molecule has 0 amide bonds. The Balaban J connectivity index is 4.63. The predicted molar refractivity (Wildman–Crippen MR) is 302 cm³/mol. The Morgan fingerprint density at radius 1 is 0.314 bits per heavy atom. The van der Waals surface area contributed by atoms with Gasteiger partial charge in [0.15, 0.2) is 6.10 Å². The number of allylic oxidation sites excluding steroid dienone is 23. The number of hydrogen-bond donors (Lipinski definition) is 0. The van der Waals surface area contributed by atoms with E-state index in [1.54, 1.807) is 6.08 Å². The molecule has 0 aliphatic heterocycles. The first kappa shape index (κ1) is 65.3.